The van der Waals surface area contributed by atoms with E-state index in [4.69, 9.17) is 5.26 Å². The molecule has 0 aromatic heterocycles. The highest BCUT2D eigenvalue weighted by Gasteiger charge is 2.17. The molecule has 4 heteroatoms. The van der Waals surface area contributed by atoms with Crippen LogP contribution in [0.5, 0.6) is 0 Å². The van der Waals surface area contributed by atoms with Gasteiger partial charge in [0.2, 0.25) is 0 Å². The van der Waals surface area contributed by atoms with E-state index in [1.54, 1.807) is 12.1 Å². The minimum atomic E-state index is -0.456. The van der Waals surface area contributed by atoms with Crippen LogP contribution in [0.2, 0.25) is 0 Å². The van der Waals surface area contributed by atoms with Gasteiger partial charge in [0.15, 0.2) is 0 Å². The first-order chi connectivity index (χ1) is 9.72. The van der Waals surface area contributed by atoms with Crippen LogP contribution in [0.1, 0.15) is 38.2 Å². The molecule has 1 saturated heterocycles. The highest BCUT2D eigenvalue weighted by molar-refractivity contribution is 5.57. The molecule has 1 N–H and O–H groups in total. The van der Waals surface area contributed by atoms with Crippen molar-refractivity contribution in [2.24, 2.45) is 0 Å². The van der Waals surface area contributed by atoms with Crippen molar-refractivity contribution in [2.45, 2.75) is 38.6 Å². The van der Waals surface area contributed by atoms with E-state index in [2.05, 4.69) is 17.1 Å². The Bertz CT molecular complexity index is 481. The van der Waals surface area contributed by atoms with Crippen molar-refractivity contribution in [1.29, 1.82) is 5.26 Å². The Labute approximate surface area is 120 Å². The van der Waals surface area contributed by atoms with Gasteiger partial charge in [0, 0.05) is 19.1 Å². The lowest BCUT2D eigenvalue weighted by Crippen LogP contribution is -2.38. The number of anilines is 1. The number of halogens is 1. The molecule has 1 heterocycles. The van der Waals surface area contributed by atoms with Crippen LogP contribution in [0.15, 0.2) is 18.2 Å². The number of benzene rings is 1. The monoisotopic (exact) mass is 275 g/mol. The van der Waals surface area contributed by atoms with E-state index < -0.39 is 5.82 Å². The normalized spacial score (nSPS) is 19.6. The van der Waals surface area contributed by atoms with Crippen molar-refractivity contribution in [3.8, 4) is 6.07 Å². The fraction of sp³-hybridized carbons (Fsp3) is 0.562. The summed E-state index contributed by atoms with van der Waals surface area (Å²) in [5, 5.41) is 12.1. The summed E-state index contributed by atoms with van der Waals surface area (Å²) in [6.45, 7) is 5.30. The Balaban J connectivity index is 1.79. The number of rotatable bonds is 5. The van der Waals surface area contributed by atoms with E-state index >= 15 is 0 Å². The molecule has 1 aliphatic rings. The fourth-order valence-corrected chi connectivity index (χ4v) is 2.78. The van der Waals surface area contributed by atoms with Crippen molar-refractivity contribution < 1.29 is 4.39 Å². The van der Waals surface area contributed by atoms with Gasteiger partial charge in [-0.1, -0.05) is 12.5 Å². The van der Waals surface area contributed by atoms with Crippen LogP contribution in [0.3, 0.4) is 0 Å². The van der Waals surface area contributed by atoms with Crippen LogP contribution in [0.25, 0.3) is 0 Å². The molecule has 108 valence electrons. The summed E-state index contributed by atoms with van der Waals surface area (Å²) in [7, 11) is 0. The number of nitriles is 1. The van der Waals surface area contributed by atoms with Gasteiger partial charge < -0.3 is 10.2 Å². The molecule has 1 aromatic carbocycles. The van der Waals surface area contributed by atoms with Gasteiger partial charge in [-0.3, -0.25) is 0 Å². The van der Waals surface area contributed by atoms with Crippen molar-refractivity contribution in [1.82, 2.24) is 4.90 Å². The zero-order valence-corrected chi connectivity index (χ0v) is 12.0. The summed E-state index contributed by atoms with van der Waals surface area (Å²) in [6, 6.07) is 7.29. The van der Waals surface area contributed by atoms with Crippen LogP contribution >= 0.6 is 0 Å². The van der Waals surface area contributed by atoms with Crippen molar-refractivity contribution in [2.75, 3.05) is 25.0 Å². The summed E-state index contributed by atoms with van der Waals surface area (Å²) in [4.78, 5) is 2.52. The molecule has 3 nitrogen and oxygen atoms in total. The lowest BCUT2D eigenvalue weighted by Gasteiger charge is -2.33. The number of likely N-dealkylation sites (tertiary alicyclic amines) is 1. The minimum absolute atomic E-state index is 0.110. The highest BCUT2D eigenvalue weighted by Crippen LogP contribution is 2.18. The third-order valence-corrected chi connectivity index (χ3v) is 4.00. The standard InChI is InChI=1S/C16H22FN3/c1-13-6-2-3-10-20(13)11-5-9-19-16-8-4-7-15(17)14(16)12-18/h4,7-8,13,19H,2-3,5-6,9-11H2,1H3. The molecule has 0 saturated carbocycles. The Morgan fingerprint density at radius 2 is 2.30 bits per heavy atom. The van der Waals surface area contributed by atoms with Crippen LogP contribution in [0, 0.1) is 17.1 Å². The van der Waals surface area contributed by atoms with Crippen molar-refractivity contribution in [3.05, 3.63) is 29.6 Å². The third kappa shape index (κ3) is 3.71. The van der Waals surface area contributed by atoms with E-state index in [0.717, 1.165) is 19.5 Å². The molecule has 1 atom stereocenters. The van der Waals surface area contributed by atoms with Crippen LogP contribution < -0.4 is 5.32 Å². The first-order valence-corrected chi connectivity index (χ1v) is 7.39. The number of nitrogens with one attached hydrogen (secondary N) is 1. The van der Waals surface area contributed by atoms with Gasteiger partial charge in [0.25, 0.3) is 0 Å². The SMILES string of the molecule is CC1CCCCN1CCCNc1cccc(F)c1C#N. The predicted molar refractivity (Wildman–Crippen MR) is 79.1 cm³/mol. The Hall–Kier alpha value is -1.60. The topological polar surface area (TPSA) is 39.1 Å². The average Bonchev–Trinajstić information content (AvgIpc) is 2.45. The maximum absolute atomic E-state index is 13.4. The van der Waals surface area contributed by atoms with Gasteiger partial charge in [0.05, 0.1) is 5.69 Å². The average molecular weight is 275 g/mol. The summed E-state index contributed by atoms with van der Waals surface area (Å²) in [5.74, 6) is -0.456. The highest BCUT2D eigenvalue weighted by atomic mass is 19.1. The maximum atomic E-state index is 13.4. The molecule has 1 aromatic rings. The zero-order valence-electron chi connectivity index (χ0n) is 12.0. The molecule has 20 heavy (non-hydrogen) atoms. The summed E-state index contributed by atoms with van der Waals surface area (Å²) >= 11 is 0. The van der Waals surface area contributed by atoms with Crippen LogP contribution in [-0.4, -0.2) is 30.6 Å². The molecule has 0 radical (unpaired) electrons. The fourth-order valence-electron chi connectivity index (χ4n) is 2.78. The quantitative estimate of drug-likeness (QED) is 0.837. The van der Waals surface area contributed by atoms with E-state index in [-0.39, 0.29) is 5.56 Å². The number of nitrogens with zero attached hydrogens (tertiary/aromatic N) is 2. The Morgan fingerprint density at radius 1 is 1.45 bits per heavy atom. The predicted octanol–water partition coefficient (Wildman–Crippen LogP) is 3.37. The molecule has 0 spiro atoms. The largest absolute Gasteiger partial charge is 0.384 e. The van der Waals surface area contributed by atoms with Gasteiger partial charge >= 0.3 is 0 Å². The van der Waals surface area contributed by atoms with Crippen LogP contribution in [-0.2, 0) is 0 Å². The molecule has 1 fully saturated rings. The third-order valence-electron chi connectivity index (χ3n) is 4.00. The summed E-state index contributed by atoms with van der Waals surface area (Å²) < 4.78 is 13.4. The van der Waals surface area contributed by atoms with E-state index in [0.29, 0.717) is 11.7 Å². The van der Waals surface area contributed by atoms with E-state index in [1.165, 1.54) is 31.9 Å². The van der Waals surface area contributed by atoms with Gasteiger partial charge in [0.1, 0.15) is 17.4 Å². The molecular formula is C16H22FN3. The number of hydrogen-bond donors (Lipinski definition) is 1. The molecule has 2 rings (SSSR count). The molecule has 0 bridgehead atoms. The smallest absolute Gasteiger partial charge is 0.143 e. The first-order valence-electron chi connectivity index (χ1n) is 7.39. The second kappa shape index (κ2) is 7.25. The molecule has 0 aliphatic carbocycles. The summed E-state index contributed by atoms with van der Waals surface area (Å²) in [6.07, 6.45) is 4.92. The molecular weight excluding hydrogens is 253 g/mol. The van der Waals surface area contributed by atoms with Crippen molar-refractivity contribution in [3.63, 3.8) is 0 Å². The number of piperidine rings is 1. The van der Waals surface area contributed by atoms with E-state index in [1.807, 2.05) is 6.07 Å². The van der Waals surface area contributed by atoms with Gasteiger partial charge in [-0.2, -0.15) is 5.26 Å². The summed E-state index contributed by atoms with van der Waals surface area (Å²) in [5.41, 5.74) is 0.707. The Kier molecular flexibility index (Phi) is 5.37. The van der Waals surface area contributed by atoms with Crippen molar-refractivity contribution >= 4 is 5.69 Å². The molecule has 0 amide bonds. The first kappa shape index (κ1) is 14.8. The van der Waals surface area contributed by atoms with Gasteiger partial charge in [-0.15, -0.1) is 0 Å². The minimum Gasteiger partial charge on any atom is -0.384 e. The second-order valence-electron chi connectivity index (χ2n) is 5.44. The van der Waals surface area contributed by atoms with Gasteiger partial charge in [-0.05, 0) is 44.9 Å². The maximum Gasteiger partial charge on any atom is 0.143 e. The van der Waals surface area contributed by atoms with Crippen LogP contribution in [0.4, 0.5) is 10.1 Å². The lowest BCUT2D eigenvalue weighted by atomic mass is 10.0. The van der Waals surface area contributed by atoms with E-state index in [9.17, 15) is 4.39 Å². The Morgan fingerprint density at radius 3 is 3.05 bits per heavy atom. The molecule has 1 unspecified atom stereocenters. The van der Waals surface area contributed by atoms with Gasteiger partial charge in [-0.25, -0.2) is 4.39 Å². The molecule has 1 aliphatic heterocycles. The number of hydrogen-bond acceptors (Lipinski definition) is 3. The zero-order chi connectivity index (χ0) is 14.4. The second-order valence-corrected chi connectivity index (χ2v) is 5.44. The lowest BCUT2D eigenvalue weighted by molar-refractivity contribution is 0.160.